The van der Waals surface area contributed by atoms with Crippen molar-refractivity contribution in [1.82, 2.24) is 10.6 Å². The smallest absolute Gasteiger partial charge is 0.237 e. The molecule has 1 aromatic carbocycles. The molecule has 1 saturated heterocycles. The van der Waals surface area contributed by atoms with Crippen LogP contribution in [-0.2, 0) is 11.2 Å². The van der Waals surface area contributed by atoms with Gasteiger partial charge in [-0.25, -0.2) is 0 Å². The second-order valence-electron chi connectivity index (χ2n) is 6.11. The van der Waals surface area contributed by atoms with Crippen molar-refractivity contribution in [3.63, 3.8) is 0 Å². The zero-order chi connectivity index (χ0) is 14.5. The van der Waals surface area contributed by atoms with Crippen LogP contribution in [0.25, 0.3) is 0 Å². The minimum Gasteiger partial charge on any atom is -0.352 e. The molecular weight excluding hydrogens is 280 g/mol. The fourth-order valence-electron chi connectivity index (χ4n) is 2.76. The molecule has 2 aliphatic rings. The van der Waals surface area contributed by atoms with E-state index in [9.17, 15) is 4.79 Å². The molecule has 1 aliphatic carbocycles. The van der Waals surface area contributed by atoms with Crippen molar-refractivity contribution < 1.29 is 4.79 Å². The van der Waals surface area contributed by atoms with Crippen LogP contribution in [0, 0.1) is 0 Å². The minimum absolute atomic E-state index is 0.100. The van der Waals surface area contributed by atoms with E-state index in [1.54, 1.807) is 0 Å². The van der Waals surface area contributed by atoms with E-state index in [0.29, 0.717) is 12.1 Å². The molecule has 2 N–H and O–H groups in total. The number of thioether (sulfide) groups is 1. The molecule has 0 spiro atoms. The monoisotopic (exact) mass is 304 g/mol. The summed E-state index contributed by atoms with van der Waals surface area (Å²) in [5.41, 5.74) is 1.23. The highest BCUT2D eigenvalue weighted by Crippen LogP contribution is 2.20. The topological polar surface area (TPSA) is 41.1 Å². The molecule has 1 heterocycles. The second kappa shape index (κ2) is 7.32. The first-order valence-electron chi connectivity index (χ1n) is 7.99. The summed E-state index contributed by atoms with van der Waals surface area (Å²) in [7, 11) is 0. The van der Waals surface area contributed by atoms with Crippen LogP contribution >= 0.6 is 11.8 Å². The molecule has 1 aromatic rings. The van der Waals surface area contributed by atoms with Crippen LogP contribution in [0.5, 0.6) is 0 Å². The summed E-state index contributed by atoms with van der Waals surface area (Å²) in [5, 5.41) is 6.76. The molecule has 1 amide bonds. The zero-order valence-corrected chi connectivity index (χ0v) is 13.2. The van der Waals surface area contributed by atoms with Gasteiger partial charge in [-0.2, -0.15) is 11.8 Å². The molecular formula is C17H24N2OS. The van der Waals surface area contributed by atoms with Gasteiger partial charge in [0.1, 0.15) is 0 Å². The Kier molecular flexibility index (Phi) is 5.20. The van der Waals surface area contributed by atoms with Crippen LogP contribution in [0.2, 0.25) is 0 Å². The molecule has 0 radical (unpaired) electrons. The first kappa shape index (κ1) is 14.9. The van der Waals surface area contributed by atoms with Crippen molar-refractivity contribution in [3.05, 3.63) is 35.9 Å². The Morgan fingerprint density at radius 3 is 2.67 bits per heavy atom. The number of carbonyl (C=O) groups is 1. The van der Waals surface area contributed by atoms with Crippen molar-refractivity contribution >= 4 is 17.7 Å². The maximum Gasteiger partial charge on any atom is 0.237 e. The standard InChI is InChI=1S/C17H24N2OS/c20-17(19-14-8-9-14)16(11-13-5-2-1-3-6-13)18-15-7-4-10-21-12-15/h1-3,5-6,14-16,18H,4,7-12H2,(H,19,20). The van der Waals surface area contributed by atoms with Crippen LogP contribution in [-0.4, -0.2) is 35.5 Å². The van der Waals surface area contributed by atoms with Crippen LogP contribution in [0.3, 0.4) is 0 Å². The number of nitrogens with one attached hydrogen (secondary N) is 2. The predicted octanol–water partition coefficient (Wildman–Crippen LogP) is 2.36. The Morgan fingerprint density at radius 1 is 1.19 bits per heavy atom. The van der Waals surface area contributed by atoms with E-state index in [1.807, 2.05) is 30.0 Å². The number of amides is 1. The highest BCUT2D eigenvalue weighted by Gasteiger charge is 2.29. The molecule has 2 unspecified atom stereocenters. The molecule has 114 valence electrons. The number of benzene rings is 1. The van der Waals surface area contributed by atoms with E-state index in [4.69, 9.17) is 0 Å². The molecule has 2 atom stereocenters. The minimum atomic E-state index is -0.100. The Bertz CT molecular complexity index is 455. The van der Waals surface area contributed by atoms with Gasteiger partial charge in [0, 0.05) is 17.8 Å². The van der Waals surface area contributed by atoms with Crippen molar-refractivity contribution in [3.8, 4) is 0 Å². The van der Waals surface area contributed by atoms with Gasteiger partial charge in [0.15, 0.2) is 0 Å². The van der Waals surface area contributed by atoms with Gasteiger partial charge in [-0.15, -0.1) is 0 Å². The lowest BCUT2D eigenvalue weighted by Crippen LogP contribution is -2.51. The highest BCUT2D eigenvalue weighted by molar-refractivity contribution is 7.99. The second-order valence-corrected chi connectivity index (χ2v) is 7.26. The predicted molar refractivity (Wildman–Crippen MR) is 88.6 cm³/mol. The average Bonchev–Trinajstić information content (AvgIpc) is 3.33. The third-order valence-electron chi connectivity index (χ3n) is 4.12. The van der Waals surface area contributed by atoms with Gasteiger partial charge in [0.2, 0.25) is 5.91 Å². The fourth-order valence-corrected chi connectivity index (χ4v) is 3.85. The molecule has 0 bridgehead atoms. The maximum atomic E-state index is 12.5. The number of hydrogen-bond acceptors (Lipinski definition) is 3. The molecule has 21 heavy (non-hydrogen) atoms. The van der Waals surface area contributed by atoms with Crippen molar-refractivity contribution in [2.45, 2.75) is 50.2 Å². The Balaban J connectivity index is 1.62. The van der Waals surface area contributed by atoms with Gasteiger partial charge >= 0.3 is 0 Å². The molecule has 1 saturated carbocycles. The SMILES string of the molecule is O=C(NC1CC1)C(Cc1ccccc1)NC1CCCSC1. The molecule has 2 fully saturated rings. The van der Waals surface area contributed by atoms with Crippen molar-refractivity contribution in [2.24, 2.45) is 0 Å². The lowest BCUT2D eigenvalue weighted by molar-refractivity contribution is -0.123. The van der Waals surface area contributed by atoms with Crippen LogP contribution in [0.1, 0.15) is 31.2 Å². The van der Waals surface area contributed by atoms with Crippen LogP contribution < -0.4 is 10.6 Å². The Hall–Kier alpha value is -1.00. The summed E-state index contributed by atoms with van der Waals surface area (Å²) in [6.45, 7) is 0. The van der Waals surface area contributed by atoms with Gasteiger partial charge in [0.05, 0.1) is 6.04 Å². The fraction of sp³-hybridized carbons (Fsp3) is 0.588. The van der Waals surface area contributed by atoms with Gasteiger partial charge < -0.3 is 10.6 Å². The third-order valence-corrected chi connectivity index (χ3v) is 5.34. The highest BCUT2D eigenvalue weighted by atomic mass is 32.2. The van der Waals surface area contributed by atoms with Crippen LogP contribution in [0.4, 0.5) is 0 Å². The first-order valence-corrected chi connectivity index (χ1v) is 9.15. The summed E-state index contributed by atoms with van der Waals surface area (Å²) in [4.78, 5) is 12.5. The first-order chi connectivity index (χ1) is 10.3. The largest absolute Gasteiger partial charge is 0.352 e. The quantitative estimate of drug-likeness (QED) is 0.848. The summed E-state index contributed by atoms with van der Waals surface area (Å²) in [6.07, 6.45) is 5.51. The van der Waals surface area contributed by atoms with Crippen molar-refractivity contribution in [1.29, 1.82) is 0 Å². The maximum absolute atomic E-state index is 12.5. The van der Waals surface area contributed by atoms with E-state index in [-0.39, 0.29) is 11.9 Å². The molecule has 3 nitrogen and oxygen atoms in total. The molecule has 1 aliphatic heterocycles. The van der Waals surface area contributed by atoms with Gasteiger partial charge in [-0.05, 0) is 43.4 Å². The van der Waals surface area contributed by atoms with E-state index >= 15 is 0 Å². The summed E-state index contributed by atoms with van der Waals surface area (Å²) < 4.78 is 0. The molecule has 3 rings (SSSR count). The number of rotatable bonds is 6. The van der Waals surface area contributed by atoms with Gasteiger partial charge in [-0.3, -0.25) is 4.79 Å². The summed E-state index contributed by atoms with van der Waals surface area (Å²) in [6, 6.07) is 11.1. The molecule has 0 aromatic heterocycles. The van der Waals surface area contributed by atoms with E-state index < -0.39 is 0 Å². The Morgan fingerprint density at radius 2 is 2.00 bits per heavy atom. The van der Waals surface area contributed by atoms with Crippen LogP contribution in [0.15, 0.2) is 30.3 Å². The Labute approximate surface area is 131 Å². The van der Waals surface area contributed by atoms with E-state index in [2.05, 4.69) is 22.8 Å². The molecule has 4 heteroatoms. The summed E-state index contributed by atoms with van der Waals surface area (Å²) in [5.74, 6) is 2.56. The lowest BCUT2D eigenvalue weighted by atomic mass is 10.0. The number of carbonyl (C=O) groups excluding carboxylic acids is 1. The zero-order valence-electron chi connectivity index (χ0n) is 12.4. The van der Waals surface area contributed by atoms with E-state index in [0.717, 1.165) is 25.0 Å². The van der Waals surface area contributed by atoms with Gasteiger partial charge in [0.25, 0.3) is 0 Å². The third kappa shape index (κ3) is 4.75. The van der Waals surface area contributed by atoms with Gasteiger partial charge in [-0.1, -0.05) is 30.3 Å². The summed E-state index contributed by atoms with van der Waals surface area (Å²) >= 11 is 2.00. The normalized spacial score (nSPS) is 23.5. The number of hydrogen-bond donors (Lipinski definition) is 2. The van der Waals surface area contributed by atoms with E-state index in [1.165, 1.54) is 24.2 Å². The average molecular weight is 304 g/mol. The van der Waals surface area contributed by atoms with Crippen molar-refractivity contribution in [2.75, 3.05) is 11.5 Å². The lowest BCUT2D eigenvalue weighted by Gasteiger charge is -2.28.